The second-order valence-electron chi connectivity index (χ2n) is 9.39. The van der Waals surface area contributed by atoms with Crippen molar-refractivity contribution in [2.24, 2.45) is 5.41 Å². The van der Waals surface area contributed by atoms with Gasteiger partial charge in [-0.1, -0.05) is 56.3 Å². The molecule has 0 spiro atoms. The van der Waals surface area contributed by atoms with Gasteiger partial charge in [0.25, 0.3) is 5.91 Å². The molecule has 0 fully saturated rings. The first-order chi connectivity index (χ1) is 15.3. The molecule has 2 aliphatic rings. The number of rotatable bonds is 3. The Morgan fingerprint density at radius 1 is 1.09 bits per heavy atom. The average Bonchev–Trinajstić information content (AvgIpc) is 3.16. The van der Waals surface area contributed by atoms with Gasteiger partial charge in [0, 0.05) is 23.4 Å². The fourth-order valence-electron chi connectivity index (χ4n) is 4.78. The molecule has 0 unspecified atom stereocenters. The van der Waals surface area contributed by atoms with E-state index in [1.807, 2.05) is 61.5 Å². The first kappa shape index (κ1) is 20.2. The van der Waals surface area contributed by atoms with Gasteiger partial charge in [0.2, 0.25) is 0 Å². The SMILES string of the molecule is Cc1ccccc1[C@H]1C2=C(CC(C)(C)CC2=O)Nc2c(C(=O)Nc3ccccc3)cnn21. The Kier molecular flexibility index (Phi) is 4.73. The molecule has 0 radical (unpaired) electrons. The van der Waals surface area contributed by atoms with E-state index in [0.717, 1.165) is 34.5 Å². The summed E-state index contributed by atoms with van der Waals surface area (Å²) in [7, 11) is 0. The standard InChI is InChI=1S/C26H26N4O2/c1-16-9-7-8-12-18(16)23-22-20(13-26(2,3)14-21(22)31)29-24-19(15-27-30(23)24)25(32)28-17-10-5-4-6-11-17/h4-12,15,23,29H,13-14H2,1-3H3,(H,28,32)/t23-/m0/s1. The van der Waals surface area contributed by atoms with Gasteiger partial charge in [0.1, 0.15) is 17.4 Å². The molecule has 0 saturated heterocycles. The van der Waals surface area contributed by atoms with E-state index in [2.05, 4.69) is 29.6 Å². The van der Waals surface area contributed by atoms with Gasteiger partial charge in [0.15, 0.2) is 5.78 Å². The number of fused-ring (bicyclic) bond motifs is 1. The molecular formula is C26H26N4O2. The number of para-hydroxylation sites is 1. The molecule has 1 amide bonds. The van der Waals surface area contributed by atoms with Crippen LogP contribution in [0.15, 0.2) is 72.1 Å². The van der Waals surface area contributed by atoms with Crippen molar-refractivity contribution in [2.45, 2.75) is 39.7 Å². The van der Waals surface area contributed by atoms with Crippen LogP contribution >= 0.6 is 0 Å². The zero-order chi connectivity index (χ0) is 22.5. The monoisotopic (exact) mass is 426 g/mol. The lowest BCUT2D eigenvalue weighted by Gasteiger charge is -2.39. The quantitative estimate of drug-likeness (QED) is 0.611. The van der Waals surface area contributed by atoms with Crippen LogP contribution in [0, 0.1) is 12.3 Å². The molecule has 0 saturated carbocycles. The van der Waals surface area contributed by atoms with E-state index in [-0.39, 0.29) is 23.1 Å². The summed E-state index contributed by atoms with van der Waals surface area (Å²) in [6, 6.07) is 17.0. The Hall–Kier alpha value is -3.67. The van der Waals surface area contributed by atoms with Crippen molar-refractivity contribution >= 4 is 23.2 Å². The first-order valence-corrected chi connectivity index (χ1v) is 10.9. The summed E-state index contributed by atoms with van der Waals surface area (Å²) >= 11 is 0. The van der Waals surface area contributed by atoms with Gasteiger partial charge in [-0.25, -0.2) is 4.68 Å². The summed E-state index contributed by atoms with van der Waals surface area (Å²) in [5.74, 6) is 0.517. The lowest BCUT2D eigenvalue weighted by molar-refractivity contribution is -0.118. The number of aryl methyl sites for hydroxylation is 1. The molecular weight excluding hydrogens is 400 g/mol. The van der Waals surface area contributed by atoms with E-state index in [1.165, 1.54) is 0 Å². The van der Waals surface area contributed by atoms with Crippen molar-refractivity contribution < 1.29 is 9.59 Å². The van der Waals surface area contributed by atoms with Crippen molar-refractivity contribution in [3.05, 3.63) is 88.8 Å². The fraction of sp³-hybridized carbons (Fsp3) is 0.269. The minimum absolute atomic E-state index is 0.133. The predicted molar refractivity (Wildman–Crippen MR) is 125 cm³/mol. The van der Waals surface area contributed by atoms with Crippen molar-refractivity contribution in [2.75, 3.05) is 10.6 Å². The number of allylic oxidation sites excluding steroid dienone is 2. The zero-order valence-corrected chi connectivity index (χ0v) is 18.5. The van der Waals surface area contributed by atoms with Crippen molar-refractivity contribution in [1.82, 2.24) is 9.78 Å². The van der Waals surface area contributed by atoms with Gasteiger partial charge in [0.05, 0.1) is 6.20 Å². The van der Waals surface area contributed by atoms with E-state index in [4.69, 9.17) is 0 Å². The fourth-order valence-corrected chi connectivity index (χ4v) is 4.78. The number of nitrogens with zero attached hydrogens (tertiary/aromatic N) is 2. The summed E-state index contributed by atoms with van der Waals surface area (Å²) in [5, 5.41) is 10.9. The lowest BCUT2D eigenvalue weighted by atomic mass is 9.72. The van der Waals surface area contributed by atoms with Gasteiger partial charge >= 0.3 is 0 Å². The maximum atomic E-state index is 13.3. The Bertz CT molecular complexity index is 1250. The van der Waals surface area contributed by atoms with Crippen LogP contribution in [0.3, 0.4) is 0 Å². The molecule has 6 nitrogen and oxygen atoms in total. The number of hydrogen-bond acceptors (Lipinski definition) is 4. The Morgan fingerprint density at radius 2 is 1.81 bits per heavy atom. The second kappa shape index (κ2) is 7.48. The summed E-state index contributed by atoms with van der Waals surface area (Å²) in [6.45, 7) is 6.25. The molecule has 162 valence electrons. The van der Waals surface area contributed by atoms with Crippen LogP contribution in [0.4, 0.5) is 11.5 Å². The molecule has 2 N–H and O–H groups in total. The Labute approximate surface area is 187 Å². The summed E-state index contributed by atoms with van der Waals surface area (Å²) in [5.41, 5.74) is 4.78. The number of carbonyl (C=O) groups is 2. The highest BCUT2D eigenvalue weighted by atomic mass is 16.1. The molecule has 6 heteroatoms. The van der Waals surface area contributed by atoms with E-state index >= 15 is 0 Å². The molecule has 3 aromatic rings. The Balaban J connectivity index is 1.63. The highest BCUT2D eigenvalue weighted by molar-refractivity contribution is 6.08. The Morgan fingerprint density at radius 3 is 2.56 bits per heavy atom. The third kappa shape index (κ3) is 3.42. The molecule has 5 rings (SSSR count). The summed E-state index contributed by atoms with van der Waals surface area (Å²) in [4.78, 5) is 26.4. The second-order valence-corrected chi connectivity index (χ2v) is 9.39. The number of aromatic nitrogens is 2. The average molecular weight is 427 g/mol. The number of anilines is 2. The highest BCUT2D eigenvalue weighted by Crippen LogP contribution is 2.46. The molecule has 1 aliphatic carbocycles. The minimum Gasteiger partial charge on any atom is -0.343 e. The maximum absolute atomic E-state index is 13.3. The lowest BCUT2D eigenvalue weighted by Crippen LogP contribution is -2.37. The molecule has 2 heterocycles. The van der Waals surface area contributed by atoms with Gasteiger partial charge in [-0.2, -0.15) is 5.10 Å². The van der Waals surface area contributed by atoms with E-state index in [1.54, 1.807) is 10.9 Å². The number of hydrogen-bond donors (Lipinski definition) is 2. The molecule has 0 bridgehead atoms. The maximum Gasteiger partial charge on any atom is 0.261 e. The molecule has 32 heavy (non-hydrogen) atoms. The van der Waals surface area contributed by atoms with Crippen LogP contribution in [0.1, 0.15) is 54.2 Å². The normalized spacial score (nSPS) is 19.1. The first-order valence-electron chi connectivity index (χ1n) is 10.9. The smallest absolute Gasteiger partial charge is 0.261 e. The van der Waals surface area contributed by atoms with Crippen LogP contribution < -0.4 is 10.6 Å². The summed E-state index contributed by atoms with van der Waals surface area (Å²) in [6.07, 6.45) is 2.81. The van der Waals surface area contributed by atoms with Crippen LogP contribution in [0.5, 0.6) is 0 Å². The van der Waals surface area contributed by atoms with Crippen LogP contribution in [-0.4, -0.2) is 21.5 Å². The number of benzene rings is 2. The number of ketones is 1. The van der Waals surface area contributed by atoms with Gasteiger partial charge in [-0.3, -0.25) is 9.59 Å². The van der Waals surface area contributed by atoms with Crippen molar-refractivity contribution in [1.29, 1.82) is 0 Å². The van der Waals surface area contributed by atoms with Crippen LogP contribution in [0.2, 0.25) is 0 Å². The molecule has 1 aromatic heterocycles. The molecule has 2 aromatic carbocycles. The molecule has 1 aliphatic heterocycles. The van der Waals surface area contributed by atoms with Gasteiger partial charge in [-0.15, -0.1) is 0 Å². The largest absolute Gasteiger partial charge is 0.343 e. The number of Topliss-reactive ketones (excluding diaryl/α,β-unsaturated/α-hetero) is 1. The van der Waals surface area contributed by atoms with Crippen LogP contribution in [-0.2, 0) is 4.79 Å². The van der Waals surface area contributed by atoms with E-state index < -0.39 is 0 Å². The van der Waals surface area contributed by atoms with Gasteiger partial charge in [-0.05, 0) is 42.0 Å². The molecule has 1 atom stereocenters. The van der Waals surface area contributed by atoms with Gasteiger partial charge < -0.3 is 10.6 Å². The predicted octanol–water partition coefficient (Wildman–Crippen LogP) is 5.10. The highest BCUT2D eigenvalue weighted by Gasteiger charge is 2.42. The number of amides is 1. The summed E-state index contributed by atoms with van der Waals surface area (Å²) < 4.78 is 1.79. The number of carbonyl (C=O) groups excluding carboxylic acids is 2. The van der Waals surface area contributed by atoms with E-state index in [0.29, 0.717) is 17.8 Å². The minimum atomic E-state index is -0.357. The number of nitrogens with one attached hydrogen (secondary N) is 2. The van der Waals surface area contributed by atoms with Crippen molar-refractivity contribution in [3.8, 4) is 0 Å². The third-order valence-corrected chi connectivity index (χ3v) is 6.26. The zero-order valence-electron chi connectivity index (χ0n) is 18.5. The van der Waals surface area contributed by atoms with Crippen molar-refractivity contribution in [3.63, 3.8) is 0 Å². The third-order valence-electron chi connectivity index (χ3n) is 6.26. The van der Waals surface area contributed by atoms with Crippen LogP contribution in [0.25, 0.3) is 0 Å². The van der Waals surface area contributed by atoms with E-state index in [9.17, 15) is 9.59 Å². The topological polar surface area (TPSA) is 76.0 Å².